The minimum atomic E-state index is -0.174. The average molecular weight is 287 g/mol. The first-order chi connectivity index (χ1) is 9.92. The van der Waals surface area contributed by atoms with Gasteiger partial charge in [-0.2, -0.15) is 0 Å². The van der Waals surface area contributed by atoms with Crippen LogP contribution >= 0.6 is 0 Å². The first kappa shape index (κ1) is 15.3. The van der Waals surface area contributed by atoms with Crippen LogP contribution in [0.4, 0.5) is 0 Å². The van der Waals surface area contributed by atoms with Crippen LogP contribution in [0.1, 0.15) is 23.9 Å². The van der Waals surface area contributed by atoms with E-state index in [4.69, 9.17) is 5.73 Å². The van der Waals surface area contributed by atoms with Crippen molar-refractivity contribution in [2.45, 2.75) is 27.2 Å². The number of hydrogen-bond acceptors (Lipinski definition) is 5. The van der Waals surface area contributed by atoms with Crippen molar-refractivity contribution in [2.24, 2.45) is 11.7 Å². The van der Waals surface area contributed by atoms with Crippen LogP contribution in [0.5, 0.6) is 11.5 Å². The van der Waals surface area contributed by atoms with Gasteiger partial charge >= 0.3 is 0 Å². The predicted molar refractivity (Wildman–Crippen MR) is 82.2 cm³/mol. The number of nitrogens with two attached hydrogens (primary N) is 1. The van der Waals surface area contributed by atoms with Gasteiger partial charge in [-0.1, -0.05) is 6.92 Å². The summed E-state index contributed by atoms with van der Waals surface area (Å²) in [4.78, 5) is 9.04. The molecule has 112 valence electrons. The molecule has 0 bridgehead atoms. The molecule has 0 spiro atoms. The Labute approximate surface area is 124 Å². The number of aromatic nitrogens is 2. The molecule has 1 atom stereocenters. The molecular weight excluding hydrogens is 266 g/mol. The Balaban J connectivity index is 2.41. The average Bonchev–Trinajstić information content (AvgIpc) is 2.45. The highest BCUT2D eigenvalue weighted by molar-refractivity contribution is 5.61. The molecule has 1 unspecified atom stereocenters. The Morgan fingerprint density at radius 1 is 1.10 bits per heavy atom. The van der Waals surface area contributed by atoms with Crippen molar-refractivity contribution in [3.05, 3.63) is 35.2 Å². The first-order valence-electron chi connectivity index (χ1n) is 6.99. The Bertz CT molecular complexity index is 633. The second-order valence-corrected chi connectivity index (χ2v) is 5.45. The van der Waals surface area contributed by atoms with Crippen molar-refractivity contribution in [1.82, 2.24) is 9.97 Å². The fourth-order valence-electron chi connectivity index (χ4n) is 2.26. The van der Waals surface area contributed by atoms with E-state index in [2.05, 4.69) is 16.9 Å². The maximum Gasteiger partial charge on any atom is 0.159 e. The van der Waals surface area contributed by atoms with Crippen LogP contribution in [0.3, 0.4) is 0 Å². The zero-order valence-corrected chi connectivity index (χ0v) is 12.6. The number of nitrogens with zero attached hydrogens (tertiary/aromatic N) is 2. The molecule has 2 aromatic rings. The molecule has 5 nitrogen and oxygen atoms in total. The van der Waals surface area contributed by atoms with Crippen molar-refractivity contribution in [3.63, 3.8) is 0 Å². The van der Waals surface area contributed by atoms with E-state index < -0.39 is 0 Å². The van der Waals surface area contributed by atoms with Crippen LogP contribution in [0.2, 0.25) is 0 Å². The highest BCUT2D eigenvalue weighted by Gasteiger charge is 2.13. The van der Waals surface area contributed by atoms with E-state index in [1.165, 1.54) is 12.1 Å². The van der Waals surface area contributed by atoms with Gasteiger partial charge < -0.3 is 15.9 Å². The zero-order valence-electron chi connectivity index (χ0n) is 12.6. The van der Waals surface area contributed by atoms with Crippen LogP contribution in [-0.2, 0) is 6.42 Å². The molecule has 0 aliphatic carbocycles. The maximum absolute atomic E-state index is 9.59. The number of aromatic hydroxyl groups is 2. The van der Waals surface area contributed by atoms with E-state index in [1.54, 1.807) is 6.07 Å². The molecule has 0 saturated heterocycles. The Hall–Kier alpha value is -2.14. The zero-order chi connectivity index (χ0) is 15.6. The number of hydrogen-bond donors (Lipinski definition) is 3. The summed E-state index contributed by atoms with van der Waals surface area (Å²) in [5.41, 5.74) is 9.32. The van der Waals surface area contributed by atoms with Crippen LogP contribution in [-0.4, -0.2) is 26.7 Å². The smallest absolute Gasteiger partial charge is 0.159 e. The van der Waals surface area contributed by atoms with Gasteiger partial charge in [-0.3, -0.25) is 0 Å². The standard InChI is InChI=1S/C16H21N3O2/c1-9(8-17)6-13-10(2)18-16(19-11(13)3)12-4-5-14(20)15(21)7-12/h4-5,7,9,20-21H,6,8,17H2,1-3H3. The van der Waals surface area contributed by atoms with Crippen LogP contribution in [0, 0.1) is 19.8 Å². The Kier molecular flexibility index (Phi) is 4.43. The number of aryl methyl sites for hydroxylation is 2. The van der Waals surface area contributed by atoms with E-state index in [1.807, 2.05) is 13.8 Å². The quantitative estimate of drug-likeness (QED) is 0.750. The van der Waals surface area contributed by atoms with Crippen molar-refractivity contribution >= 4 is 0 Å². The van der Waals surface area contributed by atoms with Crippen molar-refractivity contribution in [2.75, 3.05) is 6.54 Å². The monoisotopic (exact) mass is 287 g/mol. The van der Waals surface area contributed by atoms with Gasteiger partial charge in [0.05, 0.1) is 0 Å². The molecule has 0 aliphatic rings. The van der Waals surface area contributed by atoms with Gasteiger partial charge in [0.1, 0.15) is 0 Å². The summed E-state index contributed by atoms with van der Waals surface area (Å²) in [5.74, 6) is 0.604. The molecule has 2 rings (SSSR count). The van der Waals surface area contributed by atoms with Crippen molar-refractivity contribution in [1.29, 1.82) is 0 Å². The summed E-state index contributed by atoms with van der Waals surface area (Å²) in [7, 11) is 0. The van der Waals surface area contributed by atoms with Gasteiger partial charge in [-0.05, 0) is 56.5 Å². The van der Waals surface area contributed by atoms with Gasteiger partial charge in [0.15, 0.2) is 17.3 Å². The fourth-order valence-corrected chi connectivity index (χ4v) is 2.26. The molecule has 5 heteroatoms. The molecule has 0 aliphatic heterocycles. The molecular formula is C16H21N3O2. The molecule has 0 saturated carbocycles. The molecule has 0 radical (unpaired) electrons. The second-order valence-electron chi connectivity index (χ2n) is 5.45. The number of benzene rings is 1. The molecule has 1 heterocycles. The highest BCUT2D eigenvalue weighted by atomic mass is 16.3. The molecule has 0 amide bonds. The lowest BCUT2D eigenvalue weighted by Crippen LogP contribution is -2.15. The lowest BCUT2D eigenvalue weighted by Gasteiger charge is -2.14. The highest BCUT2D eigenvalue weighted by Crippen LogP contribution is 2.29. The van der Waals surface area contributed by atoms with E-state index in [-0.39, 0.29) is 11.5 Å². The van der Waals surface area contributed by atoms with Gasteiger partial charge in [0.2, 0.25) is 0 Å². The summed E-state index contributed by atoms with van der Waals surface area (Å²) in [6, 6.07) is 4.58. The van der Waals surface area contributed by atoms with Crippen LogP contribution in [0.15, 0.2) is 18.2 Å². The van der Waals surface area contributed by atoms with E-state index in [9.17, 15) is 10.2 Å². The predicted octanol–water partition coefficient (Wildman–Crippen LogP) is 2.31. The molecule has 1 aromatic heterocycles. The largest absolute Gasteiger partial charge is 0.504 e. The van der Waals surface area contributed by atoms with Crippen LogP contribution < -0.4 is 5.73 Å². The normalized spacial score (nSPS) is 12.4. The molecule has 21 heavy (non-hydrogen) atoms. The van der Waals surface area contributed by atoms with Gasteiger partial charge in [-0.15, -0.1) is 0 Å². The third kappa shape index (κ3) is 3.31. The summed E-state index contributed by atoms with van der Waals surface area (Å²) in [6.45, 7) is 6.64. The number of rotatable bonds is 4. The molecule has 1 aromatic carbocycles. The van der Waals surface area contributed by atoms with Gasteiger partial charge in [0.25, 0.3) is 0 Å². The minimum absolute atomic E-state index is 0.152. The SMILES string of the molecule is Cc1nc(-c2ccc(O)c(O)c2)nc(C)c1CC(C)CN. The lowest BCUT2D eigenvalue weighted by molar-refractivity contribution is 0.404. The Morgan fingerprint density at radius 3 is 2.24 bits per heavy atom. The van der Waals surface area contributed by atoms with E-state index in [0.29, 0.717) is 23.9 Å². The van der Waals surface area contributed by atoms with E-state index >= 15 is 0 Å². The third-order valence-corrected chi connectivity index (χ3v) is 3.61. The Morgan fingerprint density at radius 2 is 1.71 bits per heavy atom. The van der Waals surface area contributed by atoms with Crippen molar-refractivity contribution < 1.29 is 10.2 Å². The second kappa shape index (κ2) is 6.10. The van der Waals surface area contributed by atoms with Gasteiger partial charge in [-0.25, -0.2) is 9.97 Å². The minimum Gasteiger partial charge on any atom is -0.504 e. The third-order valence-electron chi connectivity index (χ3n) is 3.61. The summed E-state index contributed by atoms with van der Waals surface area (Å²) < 4.78 is 0. The number of phenolic OH excluding ortho intramolecular Hbond substituents is 2. The molecule has 4 N–H and O–H groups in total. The summed E-state index contributed by atoms with van der Waals surface area (Å²) in [5, 5.41) is 19.0. The van der Waals surface area contributed by atoms with E-state index in [0.717, 1.165) is 23.4 Å². The van der Waals surface area contributed by atoms with Crippen LogP contribution in [0.25, 0.3) is 11.4 Å². The number of phenols is 2. The first-order valence-corrected chi connectivity index (χ1v) is 6.99. The maximum atomic E-state index is 9.59. The van der Waals surface area contributed by atoms with Gasteiger partial charge in [0, 0.05) is 17.0 Å². The van der Waals surface area contributed by atoms with Crippen molar-refractivity contribution in [3.8, 4) is 22.9 Å². The molecule has 0 fully saturated rings. The lowest BCUT2D eigenvalue weighted by atomic mass is 9.98. The summed E-state index contributed by atoms with van der Waals surface area (Å²) in [6.07, 6.45) is 0.856. The summed E-state index contributed by atoms with van der Waals surface area (Å²) >= 11 is 0. The topological polar surface area (TPSA) is 92.3 Å². The fraction of sp³-hybridized carbons (Fsp3) is 0.375.